The molecule has 0 rings (SSSR count). The fourth-order valence-corrected chi connectivity index (χ4v) is 0.440. The first-order chi connectivity index (χ1) is 5.63. The van der Waals surface area contributed by atoms with Crippen LogP contribution >= 0.6 is 0 Å². The van der Waals surface area contributed by atoms with E-state index in [9.17, 15) is 30.7 Å². The van der Waals surface area contributed by atoms with Crippen molar-refractivity contribution in [3.8, 4) is 0 Å². The van der Waals surface area contributed by atoms with Crippen LogP contribution in [0.5, 0.6) is 0 Å². The van der Waals surface area contributed by atoms with Crippen molar-refractivity contribution in [3.63, 3.8) is 0 Å². The molecule has 0 aliphatic rings. The van der Waals surface area contributed by atoms with Crippen LogP contribution in [0, 0.1) is 0 Å². The minimum absolute atomic E-state index is 0.739. The number of halogens is 7. The van der Waals surface area contributed by atoms with Crippen LogP contribution in [0.25, 0.3) is 0 Å². The molecule has 0 aromatic carbocycles. The van der Waals surface area contributed by atoms with Crippen molar-refractivity contribution in [2.75, 3.05) is 0 Å². The molecule has 78 valence electrons. The van der Waals surface area contributed by atoms with Gasteiger partial charge in [-0.15, -0.1) is 0 Å². The third-order valence-electron chi connectivity index (χ3n) is 1.21. The maximum Gasteiger partial charge on any atom is 0.445 e. The summed E-state index contributed by atoms with van der Waals surface area (Å²) < 4.78 is 82.4. The molecular weight excluding hydrogens is 205 g/mol. The average molecular weight is 210 g/mol. The molecule has 0 nitrogen and oxygen atoms in total. The van der Waals surface area contributed by atoms with Crippen LogP contribution in [0.15, 0.2) is 11.7 Å². The third-order valence-corrected chi connectivity index (χ3v) is 1.21. The van der Waals surface area contributed by atoms with E-state index < -0.39 is 30.2 Å². The smallest absolute Gasteiger partial charge is 0.202 e. The Morgan fingerprint density at radius 2 is 1.31 bits per heavy atom. The minimum atomic E-state index is -5.71. The first-order valence-corrected chi connectivity index (χ1v) is 3.13. The molecular formula is C6H5F7. The summed E-state index contributed by atoms with van der Waals surface area (Å²) in [6.07, 6.45) is -6.94. The molecule has 0 amide bonds. The Morgan fingerprint density at radius 1 is 0.923 bits per heavy atom. The second-order valence-corrected chi connectivity index (χ2v) is 2.18. The van der Waals surface area contributed by atoms with E-state index >= 15 is 0 Å². The second kappa shape index (κ2) is 3.55. The monoisotopic (exact) mass is 210 g/mol. The SMILES string of the molecule is CCC(F)(F)/C(F)=C(\F)C(F)(F)F. The molecule has 0 N–H and O–H groups in total. The highest BCUT2D eigenvalue weighted by Crippen LogP contribution is 2.38. The predicted molar refractivity (Wildman–Crippen MR) is 30.5 cm³/mol. The van der Waals surface area contributed by atoms with Gasteiger partial charge in [-0.05, 0) is 0 Å². The van der Waals surface area contributed by atoms with E-state index in [1.165, 1.54) is 0 Å². The highest BCUT2D eigenvalue weighted by molar-refractivity contribution is 5.13. The lowest BCUT2D eigenvalue weighted by Crippen LogP contribution is -2.21. The second-order valence-electron chi connectivity index (χ2n) is 2.18. The van der Waals surface area contributed by atoms with Gasteiger partial charge in [-0.2, -0.15) is 26.3 Å². The molecule has 0 saturated heterocycles. The summed E-state index contributed by atoms with van der Waals surface area (Å²) in [5.74, 6) is -10.8. The summed E-state index contributed by atoms with van der Waals surface area (Å²) in [5.41, 5.74) is 0. The van der Waals surface area contributed by atoms with Gasteiger partial charge in [0.15, 0.2) is 0 Å². The van der Waals surface area contributed by atoms with Crippen molar-refractivity contribution in [2.24, 2.45) is 0 Å². The number of hydrogen-bond acceptors (Lipinski definition) is 0. The zero-order valence-corrected chi connectivity index (χ0v) is 6.35. The van der Waals surface area contributed by atoms with Crippen molar-refractivity contribution < 1.29 is 30.7 Å². The summed E-state index contributed by atoms with van der Waals surface area (Å²) in [6.45, 7) is 0.739. The van der Waals surface area contributed by atoms with Gasteiger partial charge in [0.2, 0.25) is 11.7 Å². The fraction of sp³-hybridized carbons (Fsp3) is 0.667. The molecule has 0 fully saturated rings. The molecule has 0 aliphatic carbocycles. The van der Waals surface area contributed by atoms with Crippen LogP contribution < -0.4 is 0 Å². The molecule has 0 saturated carbocycles. The van der Waals surface area contributed by atoms with Crippen LogP contribution in [0.3, 0.4) is 0 Å². The minimum Gasteiger partial charge on any atom is -0.202 e. The summed E-state index contributed by atoms with van der Waals surface area (Å²) in [4.78, 5) is 0. The van der Waals surface area contributed by atoms with Gasteiger partial charge < -0.3 is 0 Å². The fourth-order valence-electron chi connectivity index (χ4n) is 0.440. The van der Waals surface area contributed by atoms with Crippen LogP contribution in [-0.4, -0.2) is 12.1 Å². The summed E-state index contributed by atoms with van der Waals surface area (Å²) in [7, 11) is 0. The van der Waals surface area contributed by atoms with Gasteiger partial charge in [0, 0.05) is 6.42 Å². The zero-order valence-electron chi connectivity index (χ0n) is 6.35. The Hall–Kier alpha value is -0.750. The third kappa shape index (κ3) is 2.89. The molecule has 0 aliphatic heterocycles. The van der Waals surface area contributed by atoms with Crippen LogP contribution in [0.2, 0.25) is 0 Å². The highest BCUT2D eigenvalue weighted by atomic mass is 19.4. The molecule has 0 unspecified atom stereocenters. The lowest BCUT2D eigenvalue weighted by molar-refractivity contribution is -0.117. The lowest BCUT2D eigenvalue weighted by Gasteiger charge is -2.13. The van der Waals surface area contributed by atoms with E-state index in [4.69, 9.17) is 0 Å². The normalized spacial score (nSPS) is 15.7. The Bertz CT molecular complexity index is 212. The van der Waals surface area contributed by atoms with Crippen molar-refractivity contribution in [3.05, 3.63) is 11.7 Å². The lowest BCUT2D eigenvalue weighted by atomic mass is 10.2. The van der Waals surface area contributed by atoms with Crippen molar-refractivity contribution in [1.82, 2.24) is 0 Å². The quantitative estimate of drug-likeness (QED) is 0.609. The summed E-state index contributed by atoms with van der Waals surface area (Å²) in [6, 6.07) is 0. The first kappa shape index (κ1) is 12.2. The Labute approximate surface area is 69.0 Å². The Balaban J connectivity index is 5.04. The van der Waals surface area contributed by atoms with Gasteiger partial charge in [0.25, 0.3) is 0 Å². The molecule has 0 aromatic heterocycles. The number of hydrogen-bond donors (Lipinski definition) is 0. The Kier molecular flexibility index (Phi) is 3.34. The van der Waals surface area contributed by atoms with E-state index in [1.54, 1.807) is 0 Å². The van der Waals surface area contributed by atoms with Gasteiger partial charge in [0.1, 0.15) is 0 Å². The van der Waals surface area contributed by atoms with Crippen LogP contribution in [-0.2, 0) is 0 Å². The highest BCUT2D eigenvalue weighted by Gasteiger charge is 2.46. The van der Waals surface area contributed by atoms with Crippen molar-refractivity contribution in [1.29, 1.82) is 0 Å². The van der Waals surface area contributed by atoms with Gasteiger partial charge in [-0.25, -0.2) is 4.39 Å². The molecule has 0 bridgehead atoms. The molecule has 13 heavy (non-hydrogen) atoms. The van der Waals surface area contributed by atoms with Gasteiger partial charge >= 0.3 is 12.1 Å². The van der Waals surface area contributed by atoms with E-state index in [0.717, 1.165) is 6.92 Å². The number of rotatable bonds is 2. The topological polar surface area (TPSA) is 0 Å². The number of alkyl halides is 5. The van der Waals surface area contributed by atoms with E-state index in [0.29, 0.717) is 0 Å². The van der Waals surface area contributed by atoms with E-state index in [-0.39, 0.29) is 0 Å². The molecule has 0 aromatic rings. The van der Waals surface area contributed by atoms with E-state index in [2.05, 4.69) is 0 Å². The maximum atomic E-state index is 12.2. The molecule has 0 heterocycles. The standard InChI is InChI=1S/C6H5F7/c1-2-5(9,10)3(7)4(8)6(11,12)13/h2H2,1H3/b4-3+. The van der Waals surface area contributed by atoms with Gasteiger partial charge in [0.05, 0.1) is 0 Å². The van der Waals surface area contributed by atoms with Crippen LogP contribution in [0.1, 0.15) is 13.3 Å². The van der Waals surface area contributed by atoms with Crippen LogP contribution in [0.4, 0.5) is 30.7 Å². The summed E-state index contributed by atoms with van der Waals surface area (Å²) >= 11 is 0. The summed E-state index contributed by atoms with van der Waals surface area (Å²) in [5, 5.41) is 0. The zero-order chi connectivity index (χ0) is 10.9. The molecule has 0 spiro atoms. The average Bonchev–Trinajstić information content (AvgIpc) is 2.00. The number of allylic oxidation sites excluding steroid dienone is 2. The maximum absolute atomic E-state index is 12.2. The molecule has 7 heteroatoms. The van der Waals surface area contributed by atoms with Gasteiger partial charge in [-0.3, -0.25) is 0 Å². The largest absolute Gasteiger partial charge is 0.445 e. The first-order valence-electron chi connectivity index (χ1n) is 3.13. The van der Waals surface area contributed by atoms with E-state index in [1.807, 2.05) is 0 Å². The molecule has 0 radical (unpaired) electrons. The molecule has 0 atom stereocenters. The predicted octanol–water partition coefficient (Wildman–Crippen LogP) is 3.74. The van der Waals surface area contributed by atoms with Crippen molar-refractivity contribution >= 4 is 0 Å². The van der Waals surface area contributed by atoms with Crippen molar-refractivity contribution in [2.45, 2.75) is 25.4 Å². The van der Waals surface area contributed by atoms with Gasteiger partial charge in [-0.1, -0.05) is 6.92 Å². The Morgan fingerprint density at radius 3 is 1.54 bits per heavy atom.